The molecule has 0 radical (unpaired) electrons. The van der Waals surface area contributed by atoms with Gasteiger partial charge in [0.2, 0.25) is 0 Å². The van der Waals surface area contributed by atoms with Gasteiger partial charge in [0.15, 0.2) is 0 Å². The summed E-state index contributed by atoms with van der Waals surface area (Å²) in [5, 5.41) is 0.964. The standard InChI is InChI=1S/C15H16N4S.C4H9I/c1-2-3-11-12(9-4-6-10(16)7-5-9)13-14(17)18-8-19-15(13)20-11;1-2-3-4-5/h4-8H,2-3,16H2,1H3,(H2,17,18,19);2-4H2,1H3. The maximum atomic E-state index is 6.06. The number of alkyl halides is 1. The van der Waals surface area contributed by atoms with E-state index < -0.39 is 0 Å². The Hall–Kier alpha value is -1.41. The molecule has 2 aromatic heterocycles. The van der Waals surface area contributed by atoms with Crippen molar-refractivity contribution in [1.82, 2.24) is 9.97 Å². The van der Waals surface area contributed by atoms with Gasteiger partial charge in [-0.25, -0.2) is 9.97 Å². The number of thiophene rings is 1. The number of unbranched alkanes of at least 4 members (excludes halogenated alkanes) is 1. The van der Waals surface area contributed by atoms with Crippen LogP contribution in [0.25, 0.3) is 21.3 Å². The topological polar surface area (TPSA) is 77.8 Å². The highest BCUT2D eigenvalue weighted by Gasteiger charge is 2.17. The quantitative estimate of drug-likeness (QED) is 0.286. The summed E-state index contributed by atoms with van der Waals surface area (Å²) < 4.78 is 1.31. The average Bonchev–Trinajstić information content (AvgIpc) is 2.97. The smallest absolute Gasteiger partial charge is 0.136 e. The van der Waals surface area contributed by atoms with Gasteiger partial charge in [-0.15, -0.1) is 11.3 Å². The first kappa shape index (κ1) is 19.9. The van der Waals surface area contributed by atoms with Crippen molar-refractivity contribution in [3.8, 4) is 11.1 Å². The predicted molar refractivity (Wildman–Crippen MR) is 119 cm³/mol. The van der Waals surface area contributed by atoms with Crippen molar-refractivity contribution in [2.45, 2.75) is 39.5 Å². The predicted octanol–water partition coefficient (Wildman–Crippen LogP) is 5.70. The van der Waals surface area contributed by atoms with Gasteiger partial charge in [-0.1, -0.05) is 61.4 Å². The Kier molecular flexibility index (Phi) is 7.90. The van der Waals surface area contributed by atoms with Crippen LogP contribution in [0.5, 0.6) is 0 Å². The van der Waals surface area contributed by atoms with Crippen LogP contribution in [-0.4, -0.2) is 14.4 Å². The number of aryl methyl sites for hydroxylation is 1. The summed E-state index contributed by atoms with van der Waals surface area (Å²) in [4.78, 5) is 10.7. The van der Waals surface area contributed by atoms with Crippen molar-refractivity contribution >= 4 is 55.6 Å². The molecule has 1 aromatic carbocycles. The van der Waals surface area contributed by atoms with Gasteiger partial charge in [-0.05, 0) is 35.0 Å². The molecule has 25 heavy (non-hydrogen) atoms. The number of nitrogens with two attached hydrogens (primary N) is 2. The molecule has 3 rings (SSSR count). The number of aromatic nitrogens is 2. The van der Waals surface area contributed by atoms with E-state index >= 15 is 0 Å². The number of nitrogen functional groups attached to an aromatic ring is 2. The second-order valence-corrected chi connectivity index (χ2v) is 7.92. The van der Waals surface area contributed by atoms with E-state index in [2.05, 4.69) is 46.4 Å². The number of anilines is 2. The van der Waals surface area contributed by atoms with E-state index in [0.717, 1.165) is 39.9 Å². The van der Waals surface area contributed by atoms with Crippen LogP contribution in [0.2, 0.25) is 0 Å². The molecule has 0 atom stereocenters. The Bertz CT molecular complexity index is 797. The van der Waals surface area contributed by atoms with E-state index in [4.69, 9.17) is 11.5 Å². The van der Waals surface area contributed by atoms with Crippen LogP contribution >= 0.6 is 33.9 Å². The zero-order valence-electron chi connectivity index (χ0n) is 14.8. The van der Waals surface area contributed by atoms with E-state index in [-0.39, 0.29) is 0 Å². The summed E-state index contributed by atoms with van der Waals surface area (Å²) in [5.74, 6) is 0.542. The number of benzene rings is 1. The molecule has 4 nitrogen and oxygen atoms in total. The van der Waals surface area contributed by atoms with E-state index in [1.54, 1.807) is 11.3 Å². The Labute approximate surface area is 167 Å². The average molecular weight is 468 g/mol. The molecule has 0 spiro atoms. The highest BCUT2D eigenvalue weighted by molar-refractivity contribution is 14.1. The molecule has 0 saturated carbocycles. The molecule has 4 N–H and O–H groups in total. The highest BCUT2D eigenvalue weighted by atomic mass is 127. The minimum atomic E-state index is 0.542. The van der Waals surface area contributed by atoms with Gasteiger partial charge in [0.05, 0.1) is 5.39 Å². The summed E-state index contributed by atoms with van der Waals surface area (Å²) >= 11 is 4.09. The number of fused-ring (bicyclic) bond motifs is 1. The SMILES string of the molecule is CCCCI.CCCc1sc2ncnc(N)c2c1-c1ccc(N)cc1. The van der Waals surface area contributed by atoms with Crippen LogP contribution < -0.4 is 11.5 Å². The highest BCUT2D eigenvalue weighted by Crippen LogP contribution is 2.40. The fourth-order valence-corrected chi connectivity index (χ4v) is 4.53. The van der Waals surface area contributed by atoms with E-state index in [0.29, 0.717) is 5.82 Å². The molecule has 0 fully saturated rings. The molecule has 6 heteroatoms. The second-order valence-electron chi connectivity index (χ2n) is 5.75. The Balaban J connectivity index is 0.000000399. The third-order valence-electron chi connectivity index (χ3n) is 3.75. The van der Waals surface area contributed by atoms with Crippen LogP contribution in [0, 0.1) is 0 Å². The van der Waals surface area contributed by atoms with E-state index in [9.17, 15) is 0 Å². The third kappa shape index (κ3) is 5.04. The van der Waals surface area contributed by atoms with Gasteiger partial charge in [-0.3, -0.25) is 0 Å². The molecular weight excluding hydrogens is 443 g/mol. The lowest BCUT2D eigenvalue weighted by atomic mass is 10.0. The molecule has 0 aliphatic heterocycles. The second kappa shape index (κ2) is 9.91. The summed E-state index contributed by atoms with van der Waals surface area (Å²) in [6, 6.07) is 7.88. The van der Waals surface area contributed by atoms with Crippen LogP contribution in [0.15, 0.2) is 30.6 Å². The largest absolute Gasteiger partial charge is 0.399 e. The van der Waals surface area contributed by atoms with Crippen LogP contribution in [0.4, 0.5) is 11.5 Å². The Morgan fingerprint density at radius 3 is 2.32 bits per heavy atom. The van der Waals surface area contributed by atoms with E-state index in [1.165, 1.54) is 28.5 Å². The van der Waals surface area contributed by atoms with Crippen LogP contribution in [0.3, 0.4) is 0 Å². The van der Waals surface area contributed by atoms with Gasteiger partial charge in [-0.2, -0.15) is 0 Å². The Morgan fingerprint density at radius 1 is 1.04 bits per heavy atom. The van der Waals surface area contributed by atoms with Crippen molar-refractivity contribution in [3.63, 3.8) is 0 Å². The van der Waals surface area contributed by atoms with Crippen molar-refractivity contribution < 1.29 is 0 Å². The molecule has 0 aliphatic rings. The van der Waals surface area contributed by atoms with Crippen molar-refractivity contribution in [2.24, 2.45) is 0 Å². The summed E-state index contributed by atoms with van der Waals surface area (Å²) in [7, 11) is 0. The van der Waals surface area contributed by atoms with E-state index in [1.807, 2.05) is 24.3 Å². The zero-order chi connectivity index (χ0) is 18.2. The number of nitrogens with zero attached hydrogens (tertiary/aromatic N) is 2. The van der Waals surface area contributed by atoms with Gasteiger partial charge < -0.3 is 11.5 Å². The Morgan fingerprint density at radius 2 is 1.76 bits per heavy atom. The lowest BCUT2D eigenvalue weighted by Gasteiger charge is -2.05. The van der Waals surface area contributed by atoms with Crippen LogP contribution in [-0.2, 0) is 6.42 Å². The number of hydrogen-bond acceptors (Lipinski definition) is 5. The molecule has 3 aromatic rings. The lowest BCUT2D eigenvalue weighted by molar-refractivity contribution is 0.907. The third-order valence-corrected chi connectivity index (χ3v) is 5.67. The van der Waals surface area contributed by atoms with Gasteiger partial charge in [0.25, 0.3) is 0 Å². The normalized spacial score (nSPS) is 10.5. The molecule has 0 aliphatic carbocycles. The summed E-state index contributed by atoms with van der Waals surface area (Å²) in [6.45, 7) is 4.38. The minimum Gasteiger partial charge on any atom is -0.399 e. The maximum absolute atomic E-state index is 6.06. The fourth-order valence-electron chi connectivity index (χ4n) is 2.49. The molecule has 2 heterocycles. The first-order valence-electron chi connectivity index (χ1n) is 8.56. The van der Waals surface area contributed by atoms with Crippen LogP contribution in [0.1, 0.15) is 38.0 Å². The zero-order valence-corrected chi connectivity index (χ0v) is 17.7. The lowest BCUT2D eigenvalue weighted by Crippen LogP contribution is -1.93. The fraction of sp³-hybridized carbons (Fsp3) is 0.368. The minimum absolute atomic E-state index is 0.542. The summed E-state index contributed by atoms with van der Waals surface area (Å²) in [5.41, 5.74) is 14.9. The first-order chi connectivity index (χ1) is 12.1. The molecule has 0 bridgehead atoms. The first-order valence-corrected chi connectivity index (χ1v) is 10.9. The van der Waals surface area contributed by atoms with Gasteiger partial charge >= 0.3 is 0 Å². The maximum Gasteiger partial charge on any atom is 0.136 e. The molecule has 0 unspecified atom stereocenters. The molecule has 0 amide bonds. The van der Waals surface area contributed by atoms with Crippen molar-refractivity contribution in [3.05, 3.63) is 35.5 Å². The number of halogens is 1. The molecule has 0 saturated heterocycles. The molecular formula is C19H25IN4S. The van der Waals surface area contributed by atoms with Gasteiger partial charge in [0, 0.05) is 16.1 Å². The molecule has 134 valence electrons. The monoisotopic (exact) mass is 468 g/mol. The summed E-state index contributed by atoms with van der Waals surface area (Å²) in [6.07, 6.45) is 6.34. The van der Waals surface area contributed by atoms with Gasteiger partial charge in [0.1, 0.15) is 17.0 Å². The van der Waals surface area contributed by atoms with Crippen molar-refractivity contribution in [1.29, 1.82) is 0 Å². The number of rotatable bonds is 5. The number of hydrogen-bond donors (Lipinski definition) is 2. The van der Waals surface area contributed by atoms with Crippen molar-refractivity contribution in [2.75, 3.05) is 15.9 Å².